The van der Waals surface area contributed by atoms with E-state index < -0.39 is 5.92 Å². The van der Waals surface area contributed by atoms with E-state index in [0.717, 1.165) is 11.3 Å². The maximum absolute atomic E-state index is 12.3. The fourth-order valence-corrected chi connectivity index (χ4v) is 3.54. The number of allylic oxidation sites excluding steroid dienone is 3. The highest BCUT2D eigenvalue weighted by Crippen LogP contribution is 2.29. The van der Waals surface area contributed by atoms with E-state index in [1.807, 2.05) is 12.1 Å². The third-order valence-corrected chi connectivity index (χ3v) is 5.37. The number of hydrogen-bond acceptors (Lipinski definition) is 8. The van der Waals surface area contributed by atoms with Crippen molar-refractivity contribution >= 4 is 17.7 Å². The lowest BCUT2D eigenvalue weighted by atomic mass is 9.90. The normalized spacial score (nSPS) is 16.3. The van der Waals surface area contributed by atoms with Crippen molar-refractivity contribution in [3.05, 3.63) is 65.7 Å². The average Bonchev–Trinajstić information content (AvgIpc) is 3.36. The first-order valence-electron chi connectivity index (χ1n) is 11.1. The highest BCUT2D eigenvalue weighted by Gasteiger charge is 2.27. The summed E-state index contributed by atoms with van der Waals surface area (Å²) in [6, 6.07) is 7.25. The predicted molar refractivity (Wildman–Crippen MR) is 124 cm³/mol. The van der Waals surface area contributed by atoms with Gasteiger partial charge >= 0.3 is 0 Å². The molecule has 2 aliphatic rings. The highest BCUT2D eigenvalue weighted by atomic mass is 16.5. The minimum Gasteiger partial charge on any atom is -0.497 e. The number of azo groups is 1. The van der Waals surface area contributed by atoms with Crippen LogP contribution in [0.25, 0.3) is 11.4 Å². The fourth-order valence-electron chi connectivity index (χ4n) is 3.54. The topological polar surface area (TPSA) is 148 Å². The zero-order valence-corrected chi connectivity index (χ0v) is 19.1. The quantitative estimate of drug-likeness (QED) is 0.500. The summed E-state index contributed by atoms with van der Waals surface area (Å²) < 4.78 is 10.3. The molecule has 2 heterocycles. The van der Waals surface area contributed by atoms with Gasteiger partial charge in [-0.05, 0) is 29.8 Å². The molecule has 0 fully saturated rings. The number of amides is 3. The van der Waals surface area contributed by atoms with Crippen LogP contribution in [0.1, 0.15) is 18.7 Å². The van der Waals surface area contributed by atoms with Crippen molar-refractivity contribution in [1.82, 2.24) is 20.8 Å². The zero-order chi connectivity index (χ0) is 24.6. The first kappa shape index (κ1) is 23.7. The average molecular weight is 476 g/mol. The van der Waals surface area contributed by atoms with Gasteiger partial charge in [0.15, 0.2) is 0 Å². The van der Waals surface area contributed by atoms with E-state index in [4.69, 9.17) is 9.26 Å². The third kappa shape index (κ3) is 6.14. The van der Waals surface area contributed by atoms with Gasteiger partial charge in [0, 0.05) is 31.5 Å². The predicted octanol–water partition coefficient (Wildman–Crippen LogP) is 2.29. The summed E-state index contributed by atoms with van der Waals surface area (Å²) in [5.74, 6) is 0.235. The highest BCUT2D eigenvalue weighted by molar-refractivity contribution is 5.87. The van der Waals surface area contributed by atoms with Gasteiger partial charge in [-0.3, -0.25) is 14.4 Å². The Bertz CT molecular complexity index is 1230. The van der Waals surface area contributed by atoms with E-state index in [0.29, 0.717) is 29.4 Å². The van der Waals surface area contributed by atoms with E-state index in [-0.39, 0.29) is 43.7 Å². The number of carbonyl (C=O) groups excluding carboxylic acids is 3. The molecule has 0 saturated heterocycles. The van der Waals surface area contributed by atoms with E-state index in [1.165, 1.54) is 0 Å². The number of benzene rings is 1. The lowest BCUT2D eigenvalue weighted by Gasteiger charge is -2.19. The molecule has 4 rings (SSSR count). The van der Waals surface area contributed by atoms with Crippen molar-refractivity contribution in [1.29, 1.82) is 0 Å². The van der Waals surface area contributed by atoms with Crippen molar-refractivity contribution < 1.29 is 23.6 Å². The van der Waals surface area contributed by atoms with Crippen molar-refractivity contribution in [2.75, 3.05) is 20.2 Å². The lowest BCUT2D eigenvalue weighted by Crippen LogP contribution is -2.35. The van der Waals surface area contributed by atoms with Gasteiger partial charge in [-0.1, -0.05) is 29.5 Å². The molecule has 1 aliphatic heterocycles. The molecule has 1 aliphatic carbocycles. The molecule has 0 bridgehead atoms. The van der Waals surface area contributed by atoms with Gasteiger partial charge in [0.05, 0.1) is 25.1 Å². The number of ether oxygens (including phenoxy) is 1. The molecule has 11 heteroatoms. The van der Waals surface area contributed by atoms with Crippen molar-refractivity contribution in [2.24, 2.45) is 16.1 Å². The first-order chi connectivity index (χ1) is 17.0. The molecule has 1 unspecified atom stereocenters. The summed E-state index contributed by atoms with van der Waals surface area (Å²) in [5.41, 5.74) is 1.93. The Labute approximate surface area is 201 Å². The maximum Gasteiger partial charge on any atom is 0.275 e. The Morgan fingerprint density at radius 2 is 1.83 bits per heavy atom. The Balaban J connectivity index is 1.16. The molecule has 11 nitrogen and oxygen atoms in total. The number of methoxy groups -OCH3 is 1. The van der Waals surface area contributed by atoms with Gasteiger partial charge in [0.25, 0.3) is 5.91 Å². The zero-order valence-electron chi connectivity index (χ0n) is 19.1. The largest absolute Gasteiger partial charge is 0.497 e. The van der Waals surface area contributed by atoms with Crippen LogP contribution in [0.3, 0.4) is 0 Å². The van der Waals surface area contributed by atoms with Crippen LogP contribution in [-0.2, 0) is 20.8 Å². The van der Waals surface area contributed by atoms with Crippen molar-refractivity contribution in [3.63, 3.8) is 0 Å². The van der Waals surface area contributed by atoms with Crippen LogP contribution in [0.4, 0.5) is 0 Å². The smallest absolute Gasteiger partial charge is 0.275 e. The van der Waals surface area contributed by atoms with Gasteiger partial charge < -0.3 is 19.9 Å². The summed E-state index contributed by atoms with van der Waals surface area (Å²) in [5, 5.41) is 16.9. The van der Waals surface area contributed by atoms with Crippen molar-refractivity contribution in [2.45, 2.75) is 19.3 Å². The van der Waals surface area contributed by atoms with Crippen LogP contribution in [0.2, 0.25) is 0 Å². The minimum absolute atomic E-state index is 0.00241. The molecule has 0 radical (unpaired) electrons. The number of fused-ring (bicyclic) bond motifs is 1. The molecule has 1 aromatic heterocycles. The molecule has 2 N–H and O–H groups in total. The number of nitrogens with one attached hydrogen (secondary N) is 2. The van der Waals surface area contributed by atoms with E-state index in [9.17, 15) is 14.4 Å². The molecule has 2 aromatic rings. The SMILES string of the molecule is COc1ccc(-c2noc(CCC(=O)NCCNC(=O)CC3=C4C=CC=CC4C(=O)N=N3)n2)cc1. The monoisotopic (exact) mass is 476 g/mol. The molecule has 1 atom stereocenters. The number of carbonyl (C=O) groups is 3. The van der Waals surface area contributed by atoms with Gasteiger partial charge in [-0.2, -0.15) is 10.1 Å². The second kappa shape index (κ2) is 11.1. The summed E-state index contributed by atoms with van der Waals surface area (Å²) >= 11 is 0. The maximum atomic E-state index is 12.3. The molecular formula is C24H24N6O5. The summed E-state index contributed by atoms with van der Waals surface area (Å²) in [6.45, 7) is 0.521. The molecule has 3 amide bonds. The summed E-state index contributed by atoms with van der Waals surface area (Å²) in [4.78, 5) is 40.5. The summed E-state index contributed by atoms with van der Waals surface area (Å²) in [6.07, 6.45) is 7.54. The van der Waals surface area contributed by atoms with Crippen molar-refractivity contribution in [3.8, 4) is 17.1 Å². The van der Waals surface area contributed by atoms with Crippen LogP contribution in [-0.4, -0.2) is 48.1 Å². The Kier molecular flexibility index (Phi) is 7.56. The molecule has 180 valence electrons. The standard InChI is InChI=1S/C24H24N6O5/c1-34-16-8-6-15(7-9-16)23-27-22(35-30-23)11-10-20(31)25-12-13-26-21(32)14-19-17-4-2-3-5-18(17)24(33)29-28-19/h2-9,18H,10-14H2,1H3,(H,25,31)(H,26,32). The van der Waals surface area contributed by atoms with E-state index >= 15 is 0 Å². The van der Waals surface area contributed by atoms with Gasteiger partial charge in [0.1, 0.15) is 5.75 Å². The van der Waals surface area contributed by atoms with Crippen LogP contribution in [0.5, 0.6) is 5.75 Å². The van der Waals surface area contributed by atoms with Crippen LogP contribution >= 0.6 is 0 Å². The number of nitrogens with zero attached hydrogens (tertiary/aromatic N) is 4. The summed E-state index contributed by atoms with van der Waals surface area (Å²) in [7, 11) is 1.59. The van der Waals surface area contributed by atoms with Gasteiger partial charge in [-0.25, -0.2) is 0 Å². The Morgan fingerprint density at radius 1 is 1.06 bits per heavy atom. The van der Waals surface area contributed by atoms with Gasteiger partial charge in [-0.15, -0.1) is 5.11 Å². The molecule has 35 heavy (non-hydrogen) atoms. The molecular weight excluding hydrogens is 452 g/mol. The van der Waals surface area contributed by atoms with Gasteiger partial charge in [0.2, 0.25) is 23.5 Å². The number of rotatable bonds is 10. The third-order valence-electron chi connectivity index (χ3n) is 5.37. The minimum atomic E-state index is -0.481. The number of aryl methyl sites for hydroxylation is 1. The molecule has 0 saturated carbocycles. The van der Waals surface area contributed by atoms with Crippen LogP contribution in [0, 0.1) is 5.92 Å². The lowest BCUT2D eigenvalue weighted by molar-refractivity contribution is -0.122. The number of aromatic nitrogens is 2. The Morgan fingerprint density at radius 3 is 2.60 bits per heavy atom. The molecule has 1 aromatic carbocycles. The van der Waals surface area contributed by atoms with Crippen LogP contribution < -0.4 is 15.4 Å². The second-order valence-electron chi connectivity index (χ2n) is 7.78. The van der Waals surface area contributed by atoms with E-state index in [1.54, 1.807) is 43.5 Å². The molecule has 0 spiro atoms. The number of hydrogen-bond donors (Lipinski definition) is 2. The van der Waals surface area contributed by atoms with E-state index in [2.05, 4.69) is 31.0 Å². The Hall–Kier alpha value is -4.41. The fraction of sp³-hybridized carbons (Fsp3) is 0.292. The second-order valence-corrected chi connectivity index (χ2v) is 7.78. The van der Waals surface area contributed by atoms with Crippen LogP contribution in [0.15, 0.2) is 74.6 Å². The first-order valence-corrected chi connectivity index (χ1v) is 11.1.